The molecule has 2 nitrogen and oxygen atoms in total. The summed E-state index contributed by atoms with van der Waals surface area (Å²) in [6.45, 7) is 4.35. The van der Waals surface area contributed by atoms with E-state index < -0.39 is 0 Å². The van der Waals surface area contributed by atoms with Crippen molar-refractivity contribution < 1.29 is 0 Å². The molecule has 0 fully saturated rings. The molecular weight excluding hydrogens is 605 g/mol. The van der Waals surface area contributed by atoms with Crippen molar-refractivity contribution in [3.63, 3.8) is 0 Å². The number of aryl methyl sites for hydroxylation is 2. The summed E-state index contributed by atoms with van der Waals surface area (Å²) in [4.78, 5) is 4.73. The Morgan fingerprint density at radius 1 is 0.340 bits per heavy atom. The van der Waals surface area contributed by atoms with Gasteiger partial charge in [0.15, 0.2) is 0 Å². The molecule has 0 aliphatic rings. The van der Waals surface area contributed by atoms with Crippen molar-refractivity contribution in [2.24, 2.45) is 0 Å². The Kier molecular flexibility index (Phi) is 8.42. The summed E-state index contributed by atoms with van der Waals surface area (Å²) >= 11 is 0. The van der Waals surface area contributed by atoms with E-state index in [0.717, 1.165) is 28.2 Å². The van der Waals surface area contributed by atoms with Gasteiger partial charge in [-0.1, -0.05) is 140 Å². The minimum atomic E-state index is 1.12. The summed E-state index contributed by atoms with van der Waals surface area (Å²) in [7, 11) is 0. The van der Waals surface area contributed by atoms with E-state index in [4.69, 9.17) is 0 Å². The van der Waals surface area contributed by atoms with Crippen LogP contribution in [0.3, 0.4) is 0 Å². The van der Waals surface area contributed by atoms with Crippen LogP contribution in [0, 0.1) is 13.8 Å². The lowest BCUT2D eigenvalue weighted by atomic mass is 9.99. The van der Waals surface area contributed by atoms with Crippen LogP contribution in [0.1, 0.15) is 22.3 Å². The lowest BCUT2D eigenvalue weighted by Gasteiger charge is -2.28. The maximum atomic E-state index is 2.37. The zero-order chi connectivity index (χ0) is 33.9. The first-order valence-corrected chi connectivity index (χ1v) is 17.2. The summed E-state index contributed by atoms with van der Waals surface area (Å²) in [5, 5.41) is 4.99. The highest BCUT2D eigenvalue weighted by atomic mass is 15.1. The van der Waals surface area contributed by atoms with Gasteiger partial charge in [-0.2, -0.15) is 0 Å². The number of hydrogen-bond donors (Lipinski definition) is 0. The monoisotopic (exact) mass is 642 g/mol. The fourth-order valence-electron chi connectivity index (χ4n) is 6.92. The van der Waals surface area contributed by atoms with Gasteiger partial charge in [-0.05, 0) is 107 Å². The first-order chi connectivity index (χ1) is 24.6. The molecule has 0 spiro atoms. The van der Waals surface area contributed by atoms with Gasteiger partial charge in [0.2, 0.25) is 0 Å². The molecule has 8 aromatic carbocycles. The molecule has 0 heterocycles. The molecule has 0 N–H and O–H groups in total. The van der Waals surface area contributed by atoms with E-state index in [0.29, 0.717) is 0 Å². The second kappa shape index (κ2) is 13.6. The summed E-state index contributed by atoms with van der Waals surface area (Å²) in [5.41, 5.74) is 11.7. The predicted octanol–water partition coefficient (Wildman–Crippen LogP) is 13.7. The van der Waals surface area contributed by atoms with Gasteiger partial charge in [-0.3, -0.25) is 0 Å². The van der Waals surface area contributed by atoms with Crippen molar-refractivity contribution in [1.29, 1.82) is 0 Å². The average molecular weight is 643 g/mol. The molecule has 0 saturated carbocycles. The van der Waals surface area contributed by atoms with Crippen LogP contribution in [-0.4, -0.2) is 0 Å². The fourth-order valence-corrected chi connectivity index (χ4v) is 6.92. The zero-order valence-corrected chi connectivity index (χ0v) is 28.4. The van der Waals surface area contributed by atoms with Gasteiger partial charge >= 0.3 is 0 Å². The number of rotatable bonds is 8. The molecular formula is C48H38N2. The van der Waals surface area contributed by atoms with Gasteiger partial charge in [0.05, 0.1) is 5.69 Å². The Balaban J connectivity index is 1.11. The maximum Gasteiger partial charge on any atom is 0.0546 e. The van der Waals surface area contributed by atoms with Crippen molar-refractivity contribution >= 4 is 67.8 Å². The molecule has 0 radical (unpaired) electrons. The van der Waals surface area contributed by atoms with E-state index in [2.05, 4.69) is 218 Å². The normalized spacial score (nSPS) is 11.3. The number of nitrogens with zero attached hydrogens (tertiary/aromatic N) is 2. The van der Waals surface area contributed by atoms with Gasteiger partial charge in [0.1, 0.15) is 0 Å². The fraction of sp³-hybridized carbons (Fsp3) is 0.0417. The highest BCUT2D eigenvalue weighted by Crippen LogP contribution is 2.42. The number of anilines is 6. The van der Waals surface area contributed by atoms with Crippen molar-refractivity contribution in [2.75, 3.05) is 9.80 Å². The summed E-state index contributed by atoms with van der Waals surface area (Å²) in [6, 6.07) is 65.2. The van der Waals surface area contributed by atoms with E-state index in [1.807, 2.05) is 0 Å². The molecule has 0 amide bonds. The molecule has 240 valence electrons. The van der Waals surface area contributed by atoms with Crippen LogP contribution >= 0.6 is 0 Å². The van der Waals surface area contributed by atoms with Gasteiger partial charge in [0, 0.05) is 33.8 Å². The molecule has 0 aliphatic carbocycles. The molecule has 0 bridgehead atoms. The van der Waals surface area contributed by atoms with E-state index in [1.54, 1.807) is 0 Å². The van der Waals surface area contributed by atoms with Crippen molar-refractivity contribution in [3.05, 3.63) is 204 Å². The van der Waals surface area contributed by atoms with Crippen LogP contribution < -0.4 is 9.80 Å². The molecule has 0 atom stereocenters. The Hall–Kier alpha value is -6.38. The number of fused-ring (bicyclic) bond motifs is 3. The molecule has 8 rings (SSSR count). The topological polar surface area (TPSA) is 6.48 Å². The Labute approximate surface area is 294 Å². The van der Waals surface area contributed by atoms with Gasteiger partial charge in [-0.15, -0.1) is 0 Å². The van der Waals surface area contributed by atoms with Crippen molar-refractivity contribution in [3.8, 4) is 0 Å². The quantitative estimate of drug-likeness (QED) is 0.120. The molecule has 2 heteroatoms. The first-order valence-electron chi connectivity index (χ1n) is 17.2. The number of benzene rings is 8. The SMILES string of the molecule is Cc1ccccc1N(c1ccc(/C=C/c2ccc(N(c3ccccc3)c3cc4ccccc4c4ccccc34)cc2)cc1)c1ccccc1C. The zero-order valence-electron chi connectivity index (χ0n) is 28.4. The molecule has 0 unspecified atom stereocenters. The van der Waals surface area contributed by atoms with Gasteiger partial charge < -0.3 is 9.80 Å². The Morgan fingerprint density at radius 2 is 0.780 bits per heavy atom. The van der Waals surface area contributed by atoms with E-state index in [-0.39, 0.29) is 0 Å². The van der Waals surface area contributed by atoms with Crippen molar-refractivity contribution in [2.45, 2.75) is 13.8 Å². The Bertz CT molecular complexity index is 2400. The van der Waals surface area contributed by atoms with Crippen LogP contribution in [0.4, 0.5) is 34.1 Å². The van der Waals surface area contributed by atoms with Gasteiger partial charge in [0.25, 0.3) is 0 Å². The largest absolute Gasteiger partial charge is 0.310 e. The van der Waals surface area contributed by atoms with Crippen LogP contribution in [-0.2, 0) is 0 Å². The third-order valence-corrected chi connectivity index (χ3v) is 9.49. The molecule has 0 saturated heterocycles. The number of para-hydroxylation sites is 3. The molecule has 50 heavy (non-hydrogen) atoms. The van der Waals surface area contributed by atoms with E-state index >= 15 is 0 Å². The lowest BCUT2D eigenvalue weighted by Crippen LogP contribution is -2.12. The van der Waals surface area contributed by atoms with E-state index in [9.17, 15) is 0 Å². The van der Waals surface area contributed by atoms with E-state index in [1.165, 1.54) is 49.7 Å². The van der Waals surface area contributed by atoms with Crippen LogP contribution in [0.25, 0.3) is 33.7 Å². The third-order valence-electron chi connectivity index (χ3n) is 9.49. The second-order valence-corrected chi connectivity index (χ2v) is 12.8. The van der Waals surface area contributed by atoms with Crippen LogP contribution in [0.15, 0.2) is 182 Å². The smallest absolute Gasteiger partial charge is 0.0546 e. The minimum Gasteiger partial charge on any atom is -0.310 e. The van der Waals surface area contributed by atoms with Crippen LogP contribution in [0.5, 0.6) is 0 Å². The third kappa shape index (κ3) is 6.04. The molecule has 0 aliphatic heterocycles. The minimum absolute atomic E-state index is 1.12. The predicted molar refractivity (Wildman–Crippen MR) is 216 cm³/mol. The first kappa shape index (κ1) is 30.9. The van der Waals surface area contributed by atoms with Crippen LogP contribution in [0.2, 0.25) is 0 Å². The second-order valence-electron chi connectivity index (χ2n) is 12.8. The Morgan fingerprint density at radius 3 is 1.36 bits per heavy atom. The maximum absolute atomic E-state index is 2.37. The number of hydrogen-bond acceptors (Lipinski definition) is 2. The molecule has 0 aromatic heterocycles. The average Bonchev–Trinajstić information content (AvgIpc) is 3.17. The summed E-state index contributed by atoms with van der Waals surface area (Å²) < 4.78 is 0. The molecule has 8 aromatic rings. The highest BCUT2D eigenvalue weighted by molar-refractivity contribution is 6.14. The summed E-state index contributed by atoms with van der Waals surface area (Å²) in [5.74, 6) is 0. The van der Waals surface area contributed by atoms with Crippen molar-refractivity contribution in [1.82, 2.24) is 0 Å². The van der Waals surface area contributed by atoms with Gasteiger partial charge in [-0.25, -0.2) is 0 Å². The standard InChI is InChI=1S/C48H38N2/c1-35-14-6-12-22-46(35)50(47-23-13-7-15-36(47)2)42-32-28-38(29-33-42)25-24-37-26-30-41(31-27-37)49(40-17-4-3-5-18-40)48-34-39-16-8-9-19-43(39)44-20-10-11-21-45(44)48/h3-34H,1-2H3/b25-24+. The summed E-state index contributed by atoms with van der Waals surface area (Å²) in [6.07, 6.45) is 4.38. The highest BCUT2D eigenvalue weighted by Gasteiger charge is 2.18. The lowest BCUT2D eigenvalue weighted by molar-refractivity contribution is 1.22.